The van der Waals surface area contributed by atoms with Gasteiger partial charge in [-0.1, -0.05) is 19.9 Å². The SMILES string of the molecule is CC.Cc1cc2c(cc1-c1ccc(NC(=O)c3c(F)cccc3F)cn1)OCCO2. The zero-order chi connectivity index (χ0) is 21.7. The van der Waals surface area contributed by atoms with E-state index >= 15 is 0 Å². The van der Waals surface area contributed by atoms with Gasteiger partial charge < -0.3 is 14.8 Å². The number of halogens is 2. The molecule has 3 aromatic rings. The third kappa shape index (κ3) is 4.40. The summed E-state index contributed by atoms with van der Waals surface area (Å²) < 4.78 is 38.6. The van der Waals surface area contributed by atoms with Gasteiger partial charge in [0.15, 0.2) is 11.5 Å². The summed E-state index contributed by atoms with van der Waals surface area (Å²) in [6.07, 6.45) is 1.43. The summed E-state index contributed by atoms with van der Waals surface area (Å²) in [5.74, 6) is -1.37. The lowest BCUT2D eigenvalue weighted by Crippen LogP contribution is -2.16. The summed E-state index contributed by atoms with van der Waals surface area (Å²) >= 11 is 0. The molecule has 0 unspecified atom stereocenters. The first-order valence-corrected chi connectivity index (χ1v) is 9.65. The van der Waals surface area contributed by atoms with Crippen LogP contribution < -0.4 is 14.8 Å². The molecule has 1 aromatic heterocycles. The lowest BCUT2D eigenvalue weighted by molar-refractivity contribution is 0.101. The standard InChI is InChI=1S/C21H16F2N2O3.C2H6/c1-12-9-18-19(28-8-7-27-18)10-14(12)17-6-5-13(11-24-17)25-21(26)20-15(22)3-2-4-16(20)23;1-2/h2-6,9-11H,7-8H2,1H3,(H,25,26);1-2H3. The largest absolute Gasteiger partial charge is 0.486 e. The van der Waals surface area contributed by atoms with Gasteiger partial charge in [0.1, 0.15) is 30.4 Å². The number of aromatic nitrogens is 1. The van der Waals surface area contributed by atoms with Gasteiger partial charge in [-0.3, -0.25) is 9.78 Å². The molecular formula is C23H22F2N2O3. The summed E-state index contributed by atoms with van der Waals surface area (Å²) in [5.41, 5.74) is 2.19. The molecule has 4 rings (SSSR count). The van der Waals surface area contributed by atoms with Gasteiger partial charge in [-0.05, 0) is 48.9 Å². The van der Waals surface area contributed by atoms with E-state index in [1.54, 1.807) is 12.1 Å². The molecule has 2 aromatic carbocycles. The van der Waals surface area contributed by atoms with Gasteiger partial charge in [-0.15, -0.1) is 0 Å². The van der Waals surface area contributed by atoms with Crippen LogP contribution in [0.25, 0.3) is 11.3 Å². The molecule has 0 saturated carbocycles. The van der Waals surface area contributed by atoms with Gasteiger partial charge >= 0.3 is 0 Å². The van der Waals surface area contributed by atoms with Gasteiger partial charge in [0.2, 0.25) is 0 Å². The fourth-order valence-corrected chi connectivity index (χ4v) is 3.00. The van der Waals surface area contributed by atoms with Crippen molar-refractivity contribution in [3.05, 3.63) is 71.4 Å². The molecule has 7 heteroatoms. The molecule has 5 nitrogen and oxygen atoms in total. The number of fused-ring (bicyclic) bond motifs is 1. The fourth-order valence-electron chi connectivity index (χ4n) is 3.00. The molecule has 0 aliphatic carbocycles. The highest BCUT2D eigenvalue weighted by Gasteiger charge is 2.18. The first kappa shape index (κ1) is 21.2. The maximum absolute atomic E-state index is 13.7. The van der Waals surface area contributed by atoms with Crippen LogP contribution in [0.5, 0.6) is 11.5 Å². The van der Waals surface area contributed by atoms with Crippen molar-refractivity contribution >= 4 is 11.6 Å². The van der Waals surface area contributed by atoms with Crippen molar-refractivity contribution in [1.82, 2.24) is 4.98 Å². The molecule has 1 N–H and O–H groups in total. The Kier molecular flexibility index (Phi) is 6.61. The highest BCUT2D eigenvalue weighted by Crippen LogP contribution is 2.36. The van der Waals surface area contributed by atoms with Crippen molar-refractivity contribution in [1.29, 1.82) is 0 Å². The normalized spacial score (nSPS) is 11.9. The fraction of sp³-hybridized carbons (Fsp3) is 0.217. The molecule has 0 bridgehead atoms. The molecule has 0 fully saturated rings. The van der Waals surface area contributed by atoms with E-state index in [1.165, 1.54) is 12.3 Å². The molecule has 0 saturated heterocycles. The second-order valence-corrected chi connectivity index (χ2v) is 6.29. The van der Waals surface area contributed by atoms with Crippen LogP contribution in [0, 0.1) is 18.6 Å². The quantitative estimate of drug-likeness (QED) is 0.627. The molecule has 0 spiro atoms. The van der Waals surface area contributed by atoms with Gasteiger partial charge in [0.25, 0.3) is 5.91 Å². The van der Waals surface area contributed by atoms with Crippen LogP contribution in [-0.4, -0.2) is 24.1 Å². The van der Waals surface area contributed by atoms with Crippen LogP contribution >= 0.6 is 0 Å². The van der Waals surface area contributed by atoms with Gasteiger partial charge in [0.05, 0.1) is 17.6 Å². The van der Waals surface area contributed by atoms with E-state index in [-0.39, 0.29) is 0 Å². The van der Waals surface area contributed by atoms with Crippen molar-refractivity contribution in [3.63, 3.8) is 0 Å². The highest BCUT2D eigenvalue weighted by atomic mass is 19.1. The Hall–Kier alpha value is -3.48. The number of amides is 1. The van der Waals surface area contributed by atoms with Crippen molar-refractivity contribution < 1.29 is 23.0 Å². The third-order valence-electron chi connectivity index (χ3n) is 4.38. The average molecular weight is 412 g/mol. The monoisotopic (exact) mass is 412 g/mol. The first-order valence-electron chi connectivity index (χ1n) is 9.65. The Bertz CT molecular complexity index is 1030. The number of hydrogen-bond acceptors (Lipinski definition) is 4. The number of nitrogens with one attached hydrogen (secondary N) is 1. The minimum Gasteiger partial charge on any atom is -0.486 e. The molecule has 1 aliphatic heterocycles. The Morgan fingerprint density at radius 3 is 2.23 bits per heavy atom. The number of pyridine rings is 1. The number of aryl methyl sites for hydroxylation is 1. The number of nitrogens with zero attached hydrogens (tertiary/aromatic N) is 1. The van der Waals surface area contributed by atoms with E-state index < -0.39 is 23.1 Å². The molecular weight excluding hydrogens is 390 g/mol. The maximum Gasteiger partial charge on any atom is 0.261 e. The van der Waals surface area contributed by atoms with Crippen LogP contribution in [0.2, 0.25) is 0 Å². The number of carbonyl (C=O) groups is 1. The lowest BCUT2D eigenvalue weighted by Gasteiger charge is -2.20. The van der Waals surface area contributed by atoms with Crippen LogP contribution in [0.1, 0.15) is 29.8 Å². The number of ether oxygens (including phenoxy) is 2. The van der Waals surface area contributed by atoms with Crippen molar-refractivity contribution in [2.24, 2.45) is 0 Å². The summed E-state index contributed by atoms with van der Waals surface area (Å²) in [4.78, 5) is 16.5. The predicted molar refractivity (Wildman–Crippen MR) is 111 cm³/mol. The van der Waals surface area contributed by atoms with Crippen molar-refractivity contribution in [2.45, 2.75) is 20.8 Å². The highest BCUT2D eigenvalue weighted by molar-refractivity contribution is 6.04. The first-order chi connectivity index (χ1) is 14.5. The molecule has 0 atom stereocenters. The second kappa shape index (κ2) is 9.35. The molecule has 2 heterocycles. The number of hydrogen-bond donors (Lipinski definition) is 1. The topological polar surface area (TPSA) is 60.5 Å². The number of anilines is 1. The third-order valence-corrected chi connectivity index (χ3v) is 4.38. The summed E-state index contributed by atoms with van der Waals surface area (Å²) in [5, 5.41) is 2.46. The smallest absolute Gasteiger partial charge is 0.261 e. The van der Waals surface area contributed by atoms with E-state index in [2.05, 4.69) is 10.3 Å². The van der Waals surface area contributed by atoms with Gasteiger partial charge in [-0.2, -0.15) is 0 Å². The van der Waals surface area contributed by atoms with E-state index in [9.17, 15) is 13.6 Å². The zero-order valence-electron chi connectivity index (χ0n) is 17.0. The second-order valence-electron chi connectivity index (χ2n) is 6.29. The molecule has 1 amide bonds. The number of benzene rings is 2. The van der Waals surface area contributed by atoms with E-state index in [0.29, 0.717) is 36.1 Å². The molecule has 30 heavy (non-hydrogen) atoms. The summed E-state index contributed by atoms with van der Waals surface area (Å²) in [6, 6.07) is 10.4. The van der Waals surface area contributed by atoms with Crippen molar-refractivity contribution in [2.75, 3.05) is 18.5 Å². The zero-order valence-corrected chi connectivity index (χ0v) is 17.0. The molecule has 1 aliphatic rings. The predicted octanol–water partition coefficient (Wildman–Crippen LogP) is 5.38. The maximum atomic E-state index is 13.7. The van der Waals surface area contributed by atoms with E-state index in [1.807, 2.05) is 32.9 Å². The number of rotatable bonds is 3. The molecule has 156 valence electrons. The Morgan fingerprint density at radius 2 is 1.63 bits per heavy atom. The van der Waals surface area contributed by atoms with Gasteiger partial charge in [0, 0.05) is 5.56 Å². The lowest BCUT2D eigenvalue weighted by atomic mass is 10.0. The van der Waals surface area contributed by atoms with Crippen molar-refractivity contribution in [3.8, 4) is 22.8 Å². The van der Waals surface area contributed by atoms with Crippen LogP contribution in [0.3, 0.4) is 0 Å². The Morgan fingerprint density at radius 1 is 1.00 bits per heavy atom. The minimum absolute atomic E-state index is 0.326. The van der Waals surface area contributed by atoms with Crippen LogP contribution in [0.15, 0.2) is 48.7 Å². The molecule has 0 radical (unpaired) electrons. The van der Waals surface area contributed by atoms with Crippen LogP contribution in [-0.2, 0) is 0 Å². The Labute approximate surface area is 173 Å². The summed E-state index contributed by atoms with van der Waals surface area (Å²) in [7, 11) is 0. The van der Waals surface area contributed by atoms with E-state index in [4.69, 9.17) is 9.47 Å². The van der Waals surface area contributed by atoms with E-state index in [0.717, 1.165) is 23.3 Å². The van der Waals surface area contributed by atoms with Crippen LogP contribution in [0.4, 0.5) is 14.5 Å². The Balaban J connectivity index is 0.00000124. The minimum atomic E-state index is -0.922. The summed E-state index contributed by atoms with van der Waals surface area (Å²) in [6.45, 7) is 6.94. The average Bonchev–Trinajstić information content (AvgIpc) is 2.75. The number of carbonyl (C=O) groups excluding carboxylic acids is 1. The van der Waals surface area contributed by atoms with Gasteiger partial charge in [-0.25, -0.2) is 8.78 Å².